The van der Waals surface area contributed by atoms with Gasteiger partial charge >= 0.3 is 0 Å². The van der Waals surface area contributed by atoms with Crippen LogP contribution in [0, 0.1) is 11.6 Å². The molecule has 0 bridgehead atoms. The Morgan fingerprint density at radius 3 is 2.62 bits per heavy atom. The average Bonchev–Trinajstić information content (AvgIpc) is 2.67. The minimum atomic E-state index is -0.646. The Balaban J connectivity index is 2.54. The molecule has 0 aliphatic rings. The van der Waals surface area contributed by atoms with Gasteiger partial charge in [-0.3, -0.25) is 0 Å². The van der Waals surface area contributed by atoms with E-state index in [2.05, 4.69) is 14.7 Å². The molecule has 3 N–H and O–H groups in total. The molecular formula is C10H9F2N3O. The molecule has 2 aromatic rings. The summed E-state index contributed by atoms with van der Waals surface area (Å²) in [4.78, 5) is 6.33. The zero-order valence-electron chi connectivity index (χ0n) is 8.42. The number of H-pyrrole nitrogens is 1. The Kier molecular flexibility index (Phi) is 2.47. The van der Waals surface area contributed by atoms with Gasteiger partial charge < -0.3 is 15.5 Å². The lowest BCUT2D eigenvalue weighted by molar-refractivity contribution is 0.383. The lowest BCUT2D eigenvalue weighted by Crippen LogP contribution is -1.93. The fourth-order valence-corrected chi connectivity index (χ4v) is 1.36. The van der Waals surface area contributed by atoms with Crippen molar-refractivity contribution in [1.82, 2.24) is 9.97 Å². The molecule has 16 heavy (non-hydrogen) atoms. The highest BCUT2D eigenvalue weighted by Crippen LogP contribution is 2.27. The highest BCUT2D eigenvalue weighted by Gasteiger charge is 2.13. The molecule has 0 aliphatic carbocycles. The minimum Gasteiger partial charge on any atom is -0.494 e. The van der Waals surface area contributed by atoms with E-state index in [1.165, 1.54) is 13.3 Å². The Bertz CT molecular complexity index is 525. The average molecular weight is 225 g/mol. The Morgan fingerprint density at radius 2 is 2.06 bits per heavy atom. The number of methoxy groups -OCH3 is 1. The van der Waals surface area contributed by atoms with Crippen molar-refractivity contribution < 1.29 is 13.5 Å². The summed E-state index contributed by atoms with van der Waals surface area (Å²) < 4.78 is 31.6. The molecule has 0 radical (unpaired) electrons. The lowest BCUT2D eigenvalue weighted by Gasteiger charge is -2.05. The van der Waals surface area contributed by atoms with E-state index in [1.807, 2.05) is 0 Å². The van der Waals surface area contributed by atoms with Gasteiger partial charge in [-0.05, 0) is 6.07 Å². The second-order valence-corrected chi connectivity index (χ2v) is 3.15. The van der Waals surface area contributed by atoms with Gasteiger partial charge in [0.2, 0.25) is 0 Å². The van der Waals surface area contributed by atoms with E-state index in [4.69, 9.17) is 5.73 Å². The summed E-state index contributed by atoms with van der Waals surface area (Å²) in [6, 6.07) is 2.00. The number of nitrogens with two attached hydrogens (primary N) is 1. The van der Waals surface area contributed by atoms with Gasteiger partial charge in [-0.25, -0.2) is 13.8 Å². The Morgan fingerprint density at radius 1 is 1.31 bits per heavy atom. The maximum absolute atomic E-state index is 13.6. The molecule has 4 nitrogen and oxygen atoms in total. The van der Waals surface area contributed by atoms with Crippen LogP contribution in [0.4, 0.5) is 14.7 Å². The number of hydrogen-bond donors (Lipinski definition) is 2. The summed E-state index contributed by atoms with van der Waals surface area (Å²) in [6.45, 7) is 0. The number of imidazole rings is 1. The predicted octanol–water partition coefficient (Wildman–Crippen LogP) is 1.95. The third-order valence-electron chi connectivity index (χ3n) is 2.13. The summed E-state index contributed by atoms with van der Waals surface area (Å²) in [6.07, 6.45) is 1.33. The van der Waals surface area contributed by atoms with Gasteiger partial charge in [0.15, 0.2) is 17.5 Å². The molecular weight excluding hydrogens is 216 g/mol. The van der Waals surface area contributed by atoms with E-state index in [0.717, 1.165) is 12.1 Å². The van der Waals surface area contributed by atoms with Crippen LogP contribution in [0.25, 0.3) is 11.3 Å². The molecule has 1 heterocycles. The quantitative estimate of drug-likeness (QED) is 0.820. The molecule has 0 fully saturated rings. The van der Waals surface area contributed by atoms with Crippen molar-refractivity contribution in [2.24, 2.45) is 0 Å². The van der Waals surface area contributed by atoms with Crippen molar-refractivity contribution >= 4 is 5.95 Å². The van der Waals surface area contributed by atoms with Gasteiger partial charge in [0.1, 0.15) is 5.82 Å². The fourth-order valence-electron chi connectivity index (χ4n) is 1.36. The zero-order valence-corrected chi connectivity index (χ0v) is 8.42. The SMILES string of the molecule is COc1cc(F)c(-c2cnc(N)[nH]2)cc1F. The van der Waals surface area contributed by atoms with Crippen LogP contribution in [-0.2, 0) is 0 Å². The topological polar surface area (TPSA) is 63.9 Å². The summed E-state index contributed by atoms with van der Waals surface area (Å²) >= 11 is 0. The zero-order chi connectivity index (χ0) is 11.7. The standard InChI is InChI=1S/C10H9F2N3O/c1-16-9-3-6(11)5(2-7(9)12)8-4-14-10(13)15-8/h2-4H,1H3,(H3,13,14,15). The van der Waals surface area contributed by atoms with E-state index in [0.29, 0.717) is 5.69 Å². The van der Waals surface area contributed by atoms with E-state index < -0.39 is 11.6 Å². The van der Waals surface area contributed by atoms with E-state index in [-0.39, 0.29) is 17.3 Å². The molecule has 0 unspecified atom stereocenters. The van der Waals surface area contributed by atoms with Gasteiger partial charge in [-0.15, -0.1) is 0 Å². The molecule has 6 heteroatoms. The monoisotopic (exact) mass is 225 g/mol. The van der Waals surface area contributed by atoms with Gasteiger partial charge in [0.05, 0.1) is 19.0 Å². The minimum absolute atomic E-state index is 0.0579. The highest BCUT2D eigenvalue weighted by molar-refractivity contribution is 5.62. The van der Waals surface area contributed by atoms with Crippen LogP contribution in [0.2, 0.25) is 0 Å². The first-order valence-corrected chi connectivity index (χ1v) is 4.45. The first-order valence-electron chi connectivity index (χ1n) is 4.45. The van der Waals surface area contributed by atoms with Gasteiger partial charge in [-0.1, -0.05) is 0 Å². The second kappa shape index (κ2) is 3.80. The number of anilines is 1. The number of halogens is 2. The number of nitrogens with zero attached hydrogens (tertiary/aromatic N) is 1. The Labute approximate surface area is 90.1 Å². The lowest BCUT2D eigenvalue weighted by atomic mass is 10.1. The second-order valence-electron chi connectivity index (χ2n) is 3.15. The number of aromatic nitrogens is 2. The van der Waals surface area contributed by atoms with E-state index >= 15 is 0 Å². The molecule has 2 rings (SSSR count). The number of hydrogen-bond acceptors (Lipinski definition) is 3. The molecule has 0 saturated carbocycles. The number of ether oxygens (including phenoxy) is 1. The van der Waals surface area contributed by atoms with Crippen molar-refractivity contribution in [2.45, 2.75) is 0 Å². The van der Waals surface area contributed by atoms with Crippen LogP contribution in [0.3, 0.4) is 0 Å². The molecule has 0 amide bonds. The summed E-state index contributed by atoms with van der Waals surface area (Å²) in [5.74, 6) is -1.26. The van der Waals surface area contributed by atoms with E-state index in [9.17, 15) is 8.78 Å². The molecule has 0 atom stereocenters. The summed E-state index contributed by atoms with van der Waals surface area (Å²) in [5.41, 5.74) is 5.73. The number of nitrogen functional groups attached to an aromatic ring is 1. The molecule has 0 saturated heterocycles. The van der Waals surface area contributed by atoms with Crippen LogP contribution in [0.1, 0.15) is 0 Å². The first-order chi connectivity index (χ1) is 7.61. The van der Waals surface area contributed by atoms with Crippen LogP contribution in [0.15, 0.2) is 18.3 Å². The molecule has 84 valence electrons. The molecule has 0 aliphatic heterocycles. The third-order valence-corrected chi connectivity index (χ3v) is 2.13. The highest BCUT2D eigenvalue weighted by atomic mass is 19.1. The smallest absolute Gasteiger partial charge is 0.197 e. The number of nitrogens with one attached hydrogen (secondary N) is 1. The molecule has 1 aromatic carbocycles. The largest absolute Gasteiger partial charge is 0.494 e. The maximum Gasteiger partial charge on any atom is 0.197 e. The predicted molar refractivity (Wildman–Crippen MR) is 54.9 cm³/mol. The first kappa shape index (κ1) is 10.4. The van der Waals surface area contributed by atoms with Crippen molar-refractivity contribution in [3.8, 4) is 17.0 Å². The van der Waals surface area contributed by atoms with Gasteiger partial charge in [0, 0.05) is 11.6 Å². The van der Waals surface area contributed by atoms with Crippen molar-refractivity contribution in [3.05, 3.63) is 30.0 Å². The van der Waals surface area contributed by atoms with Crippen LogP contribution in [-0.4, -0.2) is 17.1 Å². The van der Waals surface area contributed by atoms with Gasteiger partial charge in [0.25, 0.3) is 0 Å². The Hall–Kier alpha value is -2.11. The van der Waals surface area contributed by atoms with Crippen LogP contribution >= 0.6 is 0 Å². The van der Waals surface area contributed by atoms with Gasteiger partial charge in [-0.2, -0.15) is 0 Å². The number of benzene rings is 1. The molecule has 1 aromatic heterocycles. The van der Waals surface area contributed by atoms with Crippen LogP contribution < -0.4 is 10.5 Å². The van der Waals surface area contributed by atoms with Crippen LogP contribution in [0.5, 0.6) is 5.75 Å². The van der Waals surface area contributed by atoms with Crippen molar-refractivity contribution in [3.63, 3.8) is 0 Å². The normalized spacial score (nSPS) is 10.4. The number of aromatic amines is 1. The fraction of sp³-hybridized carbons (Fsp3) is 0.100. The van der Waals surface area contributed by atoms with Crippen molar-refractivity contribution in [2.75, 3.05) is 12.8 Å². The third kappa shape index (κ3) is 1.69. The van der Waals surface area contributed by atoms with E-state index in [1.54, 1.807) is 0 Å². The maximum atomic E-state index is 13.6. The summed E-state index contributed by atoms with van der Waals surface area (Å²) in [5, 5.41) is 0. The summed E-state index contributed by atoms with van der Waals surface area (Å²) in [7, 11) is 1.27. The molecule has 0 spiro atoms. The number of rotatable bonds is 2. The van der Waals surface area contributed by atoms with Crippen molar-refractivity contribution in [1.29, 1.82) is 0 Å².